The zero-order valence-corrected chi connectivity index (χ0v) is 6.79. The second-order valence-corrected chi connectivity index (χ2v) is 2.86. The molecule has 0 aromatic heterocycles. The third kappa shape index (κ3) is 2.44. The van der Waals surface area contributed by atoms with Crippen LogP contribution in [0, 0.1) is 0 Å². The van der Waals surface area contributed by atoms with Crippen molar-refractivity contribution in [3.05, 3.63) is 0 Å². The fraction of sp³-hybridized carbons (Fsp3) is 0.857. The van der Waals surface area contributed by atoms with Crippen LogP contribution in [0.4, 0.5) is 0 Å². The first kappa shape index (κ1) is 9.44. The molecule has 5 heteroatoms. The van der Waals surface area contributed by atoms with Crippen molar-refractivity contribution in [2.75, 3.05) is 19.7 Å². The zero-order valence-electron chi connectivity index (χ0n) is 6.79. The number of carbonyl (C=O) groups is 1. The van der Waals surface area contributed by atoms with Crippen LogP contribution < -0.4 is 10.6 Å². The maximum atomic E-state index is 11.0. The van der Waals surface area contributed by atoms with Crippen LogP contribution in [-0.2, 0) is 4.79 Å². The molecule has 4 N–H and O–H groups in total. The molecule has 1 aliphatic heterocycles. The highest BCUT2D eigenvalue weighted by atomic mass is 16.3. The van der Waals surface area contributed by atoms with E-state index in [9.17, 15) is 9.90 Å². The summed E-state index contributed by atoms with van der Waals surface area (Å²) in [5.41, 5.74) is 0. The Bertz CT molecular complexity index is 163. The van der Waals surface area contributed by atoms with E-state index >= 15 is 0 Å². The molecule has 5 nitrogen and oxygen atoms in total. The molecule has 2 unspecified atom stereocenters. The quantitative estimate of drug-likeness (QED) is 0.383. The first-order chi connectivity index (χ1) is 5.74. The average molecular weight is 174 g/mol. The molecule has 1 saturated heterocycles. The van der Waals surface area contributed by atoms with Crippen LogP contribution >= 0.6 is 0 Å². The van der Waals surface area contributed by atoms with Gasteiger partial charge in [-0.3, -0.25) is 4.79 Å². The number of hydrogen-bond acceptors (Lipinski definition) is 4. The summed E-state index contributed by atoms with van der Waals surface area (Å²) in [6.45, 7) is 0.895. The Hall–Kier alpha value is -0.650. The van der Waals surface area contributed by atoms with Gasteiger partial charge in [-0.05, 0) is 0 Å². The van der Waals surface area contributed by atoms with E-state index in [4.69, 9.17) is 5.11 Å². The first-order valence-electron chi connectivity index (χ1n) is 4.03. The molecule has 0 aliphatic carbocycles. The maximum Gasteiger partial charge on any atom is 0.221 e. The van der Waals surface area contributed by atoms with Gasteiger partial charge in [-0.2, -0.15) is 0 Å². The molecule has 70 valence electrons. The Morgan fingerprint density at radius 1 is 1.58 bits per heavy atom. The van der Waals surface area contributed by atoms with E-state index in [1.807, 2.05) is 0 Å². The van der Waals surface area contributed by atoms with Crippen LogP contribution in [0.3, 0.4) is 0 Å². The molecule has 1 rings (SSSR count). The molecule has 0 spiro atoms. The second-order valence-electron chi connectivity index (χ2n) is 2.86. The number of nitrogens with one attached hydrogen (secondary N) is 2. The molecule has 1 amide bonds. The van der Waals surface area contributed by atoms with Crippen molar-refractivity contribution in [3.63, 3.8) is 0 Å². The number of hydrogen-bond donors (Lipinski definition) is 4. The molecule has 0 radical (unpaired) electrons. The van der Waals surface area contributed by atoms with Crippen molar-refractivity contribution >= 4 is 5.91 Å². The van der Waals surface area contributed by atoms with Crippen molar-refractivity contribution < 1.29 is 15.0 Å². The van der Waals surface area contributed by atoms with E-state index < -0.39 is 6.10 Å². The third-order valence-corrected chi connectivity index (χ3v) is 1.91. The SMILES string of the molecule is O=C1CC(C(O)CO)NCCN1. The van der Waals surface area contributed by atoms with Crippen LogP contribution in [0.5, 0.6) is 0 Å². The fourth-order valence-electron chi connectivity index (χ4n) is 1.20. The highest BCUT2D eigenvalue weighted by Crippen LogP contribution is 2.00. The van der Waals surface area contributed by atoms with Gasteiger partial charge in [0.15, 0.2) is 0 Å². The van der Waals surface area contributed by atoms with Crippen molar-refractivity contribution in [3.8, 4) is 0 Å². The average Bonchev–Trinajstić information content (AvgIpc) is 2.28. The highest BCUT2D eigenvalue weighted by molar-refractivity contribution is 5.76. The summed E-state index contributed by atoms with van der Waals surface area (Å²) >= 11 is 0. The van der Waals surface area contributed by atoms with E-state index in [0.717, 1.165) is 0 Å². The number of amides is 1. The van der Waals surface area contributed by atoms with Gasteiger partial charge in [0.05, 0.1) is 12.7 Å². The van der Waals surface area contributed by atoms with Gasteiger partial charge >= 0.3 is 0 Å². The summed E-state index contributed by atoms with van der Waals surface area (Å²) in [6, 6.07) is -0.322. The van der Waals surface area contributed by atoms with Crippen LogP contribution in [0.1, 0.15) is 6.42 Å². The van der Waals surface area contributed by atoms with Gasteiger partial charge < -0.3 is 20.8 Å². The van der Waals surface area contributed by atoms with Gasteiger partial charge in [-0.15, -0.1) is 0 Å². The predicted molar refractivity (Wildman–Crippen MR) is 42.5 cm³/mol. The molecule has 1 fully saturated rings. The summed E-state index contributed by atoms with van der Waals surface area (Å²) in [5.74, 6) is -0.0856. The molecular formula is C7H14N2O3. The van der Waals surface area contributed by atoms with Crippen LogP contribution in [-0.4, -0.2) is 48.0 Å². The molecule has 0 saturated carbocycles. The van der Waals surface area contributed by atoms with Crippen molar-refractivity contribution in [1.29, 1.82) is 0 Å². The highest BCUT2D eigenvalue weighted by Gasteiger charge is 2.22. The van der Waals surface area contributed by atoms with Gasteiger partial charge in [0.1, 0.15) is 0 Å². The molecule has 1 heterocycles. The lowest BCUT2D eigenvalue weighted by Crippen LogP contribution is -2.42. The monoisotopic (exact) mass is 174 g/mol. The fourth-order valence-corrected chi connectivity index (χ4v) is 1.20. The van der Waals surface area contributed by atoms with Gasteiger partial charge in [-0.1, -0.05) is 0 Å². The summed E-state index contributed by atoms with van der Waals surface area (Å²) in [4.78, 5) is 11.0. The van der Waals surface area contributed by atoms with E-state index in [2.05, 4.69) is 10.6 Å². The third-order valence-electron chi connectivity index (χ3n) is 1.91. The van der Waals surface area contributed by atoms with Crippen molar-refractivity contribution in [2.45, 2.75) is 18.6 Å². The Morgan fingerprint density at radius 3 is 3.00 bits per heavy atom. The summed E-state index contributed by atoms with van der Waals surface area (Å²) in [7, 11) is 0. The lowest BCUT2D eigenvalue weighted by atomic mass is 10.1. The van der Waals surface area contributed by atoms with Crippen LogP contribution in [0.2, 0.25) is 0 Å². The summed E-state index contributed by atoms with van der Waals surface area (Å²) < 4.78 is 0. The zero-order chi connectivity index (χ0) is 8.97. The van der Waals surface area contributed by atoms with E-state index in [-0.39, 0.29) is 25.0 Å². The van der Waals surface area contributed by atoms with Crippen molar-refractivity contribution in [2.24, 2.45) is 0 Å². The largest absolute Gasteiger partial charge is 0.394 e. The molecule has 0 bridgehead atoms. The van der Waals surface area contributed by atoms with E-state index in [0.29, 0.717) is 13.1 Å². The Morgan fingerprint density at radius 2 is 2.33 bits per heavy atom. The molecule has 2 atom stereocenters. The smallest absolute Gasteiger partial charge is 0.221 e. The van der Waals surface area contributed by atoms with Crippen LogP contribution in [0.25, 0.3) is 0 Å². The number of carbonyl (C=O) groups excluding carboxylic acids is 1. The minimum absolute atomic E-state index is 0.0856. The molecule has 1 aliphatic rings. The second kappa shape index (κ2) is 4.39. The van der Waals surface area contributed by atoms with Gasteiger partial charge in [0.2, 0.25) is 5.91 Å². The lowest BCUT2D eigenvalue weighted by molar-refractivity contribution is -0.121. The van der Waals surface area contributed by atoms with Gasteiger partial charge in [0.25, 0.3) is 0 Å². The van der Waals surface area contributed by atoms with E-state index in [1.165, 1.54) is 0 Å². The number of aliphatic hydroxyl groups excluding tert-OH is 2. The topological polar surface area (TPSA) is 81.6 Å². The predicted octanol–water partition coefficient (Wildman–Crippen LogP) is -2.18. The summed E-state index contributed by atoms with van der Waals surface area (Å²) in [5, 5.41) is 23.5. The molecular weight excluding hydrogens is 160 g/mol. The van der Waals surface area contributed by atoms with Crippen molar-refractivity contribution in [1.82, 2.24) is 10.6 Å². The summed E-state index contributed by atoms with van der Waals surface area (Å²) in [6.07, 6.45) is -0.629. The number of rotatable bonds is 2. The first-order valence-corrected chi connectivity index (χ1v) is 4.03. The Balaban J connectivity index is 2.46. The molecule has 12 heavy (non-hydrogen) atoms. The van der Waals surface area contributed by atoms with Gasteiger partial charge in [0, 0.05) is 25.6 Å². The number of aliphatic hydroxyl groups is 2. The minimum atomic E-state index is -0.853. The lowest BCUT2D eigenvalue weighted by Gasteiger charge is -2.18. The maximum absolute atomic E-state index is 11.0. The van der Waals surface area contributed by atoms with Crippen LogP contribution in [0.15, 0.2) is 0 Å². The molecule has 0 aromatic rings. The Kier molecular flexibility index (Phi) is 3.46. The van der Waals surface area contributed by atoms with E-state index in [1.54, 1.807) is 0 Å². The van der Waals surface area contributed by atoms with Gasteiger partial charge in [-0.25, -0.2) is 0 Å². The minimum Gasteiger partial charge on any atom is -0.394 e. The Labute approximate surface area is 70.8 Å². The molecule has 0 aromatic carbocycles. The standard InChI is InChI=1S/C7H14N2O3/c10-4-6(11)5-3-7(12)9-2-1-8-5/h5-6,8,10-11H,1-4H2,(H,9,12). The normalized spacial score (nSPS) is 27.5.